The maximum absolute atomic E-state index is 12.3. The van der Waals surface area contributed by atoms with Gasteiger partial charge in [0.15, 0.2) is 0 Å². The minimum Gasteiger partial charge on any atom is -0.490 e. The lowest BCUT2D eigenvalue weighted by Gasteiger charge is -2.28. The first kappa shape index (κ1) is 25.8. The number of alkyl halides is 3. The molecule has 0 unspecified atom stereocenters. The molecule has 0 saturated carbocycles. The topological polar surface area (TPSA) is 119 Å². The highest BCUT2D eigenvalue weighted by molar-refractivity contribution is 5.89. The Labute approximate surface area is 209 Å². The number of hydrogen-bond donors (Lipinski definition) is 0. The quantitative estimate of drug-likeness (QED) is 0.354. The number of hydrogen-bond acceptors (Lipinski definition) is 9. The van der Waals surface area contributed by atoms with Gasteiger partial charge in [-0.15, -0.1) is 0 Å². The molecule has 0 spiro atoms. The van der Waals surface area contributed by atoms with Crippen LogP contribution < -0.4 is 4.74 Å². The molecule has 0 aliphatic carbocycles. The van der Waals surface area contributed by atoms with E-state index < -0.39 is 24.7 Å². The molecule has 0 radical (unpaired) electrons. The monoisotopic (exact) mass is 514 g/mol. The second kappa shape index (κ2) is 10.4. The van der Waals surface area contributed by atoms with Gasteiger partial charge in [0.2, 0.25) is 5.82 Å². The molecule has 1 aliphatic heterocycles. The number of aromatic nitrogens is 2. The van der Waals surface area contributed by atoms with E-state index in [1.807, 2.05) is 26.0 Å². The third kappa shape index (κ3) is 5.95. The fraction of sp³-hybridized carbons (Fsp3) is 0.320. The minimum atomic E-state index is -5.23. The molecule has 0 atom stereocenters. The summed E-state index contributed by atoms with van der Waals surface area (Å²) in [6.07, 6.45) is -4.88. The Bertz CT molecular complexity index is 1380. The van der Waals surface area contributed by atoms with Crippen molar-refractivity contribution in [3.8, 4) is 34.7 Å². The zero-order valence-electron chi connectivity index (χ0n) is 19.8. The average Bonchev–Trinajstić information content (AvgIpc) is 3.33. The summed E-state index contributed by atoms with van der Waals surface area (Å²) in [5.41, 5.74) is 3.33. The molecule has 1 aromatic heterocycles. The van der Waals surface area contributed by atoms with Crippen molar-refractivity contribution in [1.29, 1.82) is 5.26 Å². The summed E-state index contributed by atoms with van der Waals surface area (Å²) in [5, 5.41) is 13.6. The summed E-state index contributed by atoms with van der Waals surface area (Å²) < 4.78 is 51.9. The molecule has 2 heterocycles. The Morgan fingerprint density at radius 2 is 2.03 bits per heavy atom. The van der Waals surface area contributed by atoms with Gasteiger partial charge in [0.1, 0.15) is 11.8 Å². The smallest absolute Gasteiger partial charge is 0.490 e. The molecule has 4 rings (SSSR count). The molecule has 0 amide bonds. The number of benzene rings is 2. The van der Waals surface area contributed by atoms with Crippen molar-refractivity contribution >= 4 is 11.9 Å². The van der Waals surface area contributed by atoms with E-state index in [9.17, 15) is 28.0 Å². The predicted molar refractivity (Wildman–Crippen MR) is 122 cm³/mol. The van der Waals surface area contributed by atoms with E-state index in [1.165, 1.54) is 0 Å². The Kier molecular flexibility index (Phi) is 7.26. The molecule has 0 N–H and O–H groups in total. The highest BCUT2D eigenvalue weighted by atomic mass is 19.4. The van der Waals surface area contributed by atoms with Crippen LogP contribution in [-0.2, 0) is 27.3 Å². The van der Waals surface area contributed by atoms with Gasteiger partial charge in [0.25, 0.3) is 5.89 Å². The zero-order chi connectivity index (χ0) is 26.7. The Balaban J connectivity index is 1.50. The van der Waals surface area contributed by atoms with Gasteiger partial charge in [-0.1, -0.05) is 23.4 Å². The van der Waals surface area contributed by atoms with E-state index in [-0.39, 0.29) is 18.5 Å². The highest BCUT2D eigenvalue weighted by Crippen LogP contribution is 2.31. The molecule has 9 nitrogen and oxygen atoms in total. The Morgan fingerprint density at radius 1 is 1.24 bits per heavy atom. The highest BCUT2D eigenvalue weighted by Gasteiger charge is 2.42. The lowest BCUT2D eigenvalue weighted by atomic mass is 9.94. The van der Waals surface area contributed by atoms with Crippen LogP contribution in [0.2, 0.25) is 0 Å². The molecule has 2 aromatic carbocycles. The van der Waals surface area contributed by atoms with Crippen molar-refractivity contribution in [3.05, 3.63) is 53.1 Å². The number of carbonyl (C=O) groups is 2. The zero-order valence-corrected chi connectivity index (χ0v) is 19.8. The van der Waals surface area contributed by atoms with Crippen LogP contribution in [0.4, 0.5) is 13.2 Å². The van der Waals surface area contributed by atoms with Crippen molar-refractivity contribution in [2.75, 3.05) is 13.1 Å². The lowest BCUT2D eigenvalue weighted by Crippen LogP contribution is -2.38. The van der Waals surface area contributed by atoms with Gasteiger partial charge in [-0.05, 0) is 49.6 Å². The molecule has 0 saturated heterocycles. The average molecular weight is 514 g/mol. The number of esters is 2. The molecule has 12 heteroatoms. The molecular weight excluding hydrogens is 493 g/mol. The van der Waals surface area contributed by atoms with Crippen molar-refractivity contribution < 1.29 is 36.8 Å². The first-order valence-electron chi connectivity index (χ1n) is 11.3. The van der Waals surface area contributed by atoms with Crippen LogP contribution in [0.1, 0.15) is 30.5 Å². The molecular formula is C25H21F3N4O5. The number of rotatable bonds is 6. The maximum Gasteiger partial charge on any atom is 0.491 e. The summed E-state index contributed by atoms with van der Waals surface area (Å²) in [6.45, 7) is 3.85. The SMILES string of the molecule is CC(C)Oc1ccc(-c2nc(-c3cccc4c3CCN(CC(=O)OC(=O)C(F)(F)F)C4)no2)cc1C#N. The fourth-order valence-electron chi connectivity index (χ4n) is 3.95. The molecule has 0 bridgehead atoms. The fourth-order valence-corrected chi connectivity index (χ4v) is 3.95. The van der Waals surface area contributed by atoms with E-state index in [1.54, 1.807) is 29.2 Å². The van der Waals surface area contributed by atoms with Gasteiger partial charge in [0.05, 0.1) is 18.2 Å². The van der Waals surface area contributed by atoms with Crippen LogP contribution in [0.25, 0.3) is 22.8 Å². The number of ether oxygens (including phenoxy) is 2. The van der Waals surface area contributed by atoms with Crippen LogP contribution in [-0.4, -0.2) is 52.3 Å². The summed E-state index contributed by atoms with van der Waals surface area (Å²) in [6, 6.07) is 12.5. The summed E-state index contributed by atoms with van der Waals surface area (Å²) in [7, 11) is 0. The van der Waals surface area contributed by atoms with Gasteiger partial charge < -0.3 is 14.0 Å². The number of nitrogens with zero attached hydrogens (tertiary/aromatic N) is 4. The van der Waals surface area contributed by atoms with Crippen LogP contribution in [0.5, 0.6) is 5.75 Å². The largest absolute Gasteiger partial charge is 0.491 e. The standard InChI is InChI=1S/C25H21F3N4O5/c1-14(2)35-20-7-6-15(10-17(20)11-29)23-30-22(31-37-23)19-5-3-4-16-12-32(9-8-18(16)19)13-21(33)36-24(34)25(26,27)28/h3-7,10,14H,8-9,12-13H2,1-2H3. The third-order valence-corrected chi connectivity index (χ3v) is 5.51. The Morgan fingerprint density at radius 3 is 2.73 bits per heavy atom. The van der Waals surface area contributed by atoms with Crippen molar-refractivity contribution in [2.45, 2.75) is 39.1 Å². The summed E-state index contributed by atoms with van der Waals surface area (Å²) in [5.74, 6) is -2.80. The molecule has 0 fully saturated rings. The molecule has 37 heavy (non-hydrogen) atoms. The molecule has 1 aliphatic rings. The first-order chi connectivity index (χ1) is 17.5. The second-order valence-electron chi connectivity index (χ2n) is 8.58. The lowest BCUT2D eigenvalue weighted by molar-refractivity contribution is -0.202. The normalized spacial score (nSPS) is 13.6. The second-order valence-corrected chi connectivity index (χ2v) is 8.58. The van der Waals surface area contributed by atoms with Gasteiger partial charge in [-0.3, -0.25) is 9.69 Å². The Hall–Kier alpha value is -4.24. The van der Waals surface area contributed by atoms with Crippen LogP contribution in [0, 0.1) is 11.3 Å². The number of nitriles is 1. The van der Waals surface area contributed by atoms with Crippen LogP contribution in [0.3, 0.4) is 0 Å². The van der Waals surface area contributed by atoms with Gasteiger partial charge in [0, 0.05) is 24.2 Å². The van der Waals surface area contributed by atoms with Crippen molar-refractivity contribution in [3.63, 3.8) is 0 Å². The minimum absolute atomic E-state index is 0.0961. The van der Waals surface area contributed by atoms with Crippen molar-refractivity contribution in [1.82, 2.24) is 15.0 Å². The van der Waals surface area contributed by atoms with E-state index in [4.69, 9.17) is 9.26 Å². The van der Waals surface area contributed by atoms with E-state index in [2.05, 4.69) is 20.9 Å². The summed E-state index contributed by atoms with van der Waals surface area (Å²) in [4.78, 5) is 28.7. The van der Waals surface area contributed by atoms with Crippen molar-refractivity contribution in [2.24, 2.45) is 0 Å². The first-order valence-corrected chi connectivity index (χ1v) is 11.3. The number of carbonyl (C=O) groups excluding carboxylic acids is 2. The predicted octanol–water partition coefficient (Wildman–Crippen LogP) is 4.05. The van der Waals surface area contributed by atoms with Gasteiger partial charge in [-0.25, -0.2) is 4.79 Å². The molecule has 3 aromatic rings. The van der Waals surface area contributed by atoms with Gasteiger partial charge >= 0.3 is 18.1 Å². The summed E-state index contributed by atoms with van der Waals surface area (Å²) >= 11 is 0. The molecule has 192 valence electrons. The third-order valence-electron chi connectivity index (χ3n) is 5.51. The maximum atomic E-state index is 12.3. The van der Waals surface area contributed by atoms with E-state index in [0.717, 1.165) is 11.1 Å². The van der Waals surface area contributed by atoms with Crippen LogP contribution >= 0.6 is 0 Å². The van der Waals surface area contributed by atoms with Gasteiger partial charge in [-0.2, -0.15) is 23.4 Å². The van der Waals surface area contributed by atoms with E-state index >= 15 is 0 Å². The van der Waals surface area contributed by atoms with E-state index in [0.29, 0.717) is 41.2 Å². The van der Waals surface area contributed by atoms with Crippen LogP contribution in [0.15, 0.2) is 40.9 Å². The number of fused-ring (bicyclic) bond motifs is 1. The number of halogens is 3.